The van der Waals surface area contributed by atoms with Crippen LogP contribution in [-0.2, 0) is 26.3 Å². The second-order valence-corrected chi connectivity index (χ2v) is 12.2. The first-order chi connectivity index (χ1) is 18.7. The molecule has 1 N–H and O–H groups in total. The maximum Gasteiger partial charge on any atom is 0.254 e. The van der Waals surface area contributed by atoms with Gasteiger partial charge in [0.25, 0.3) is 11.8 Å². The minimum absolute atomic E-state index is 0.0825. The number of fused-ring (bicyclic) bond motifs is 1. The lowest BCUT2D eigenvalue weighted by atomic mass is 9.78. The number of aromatic nitrogens is 1. The Kier molecular flexibility index (Phi) is 7.99. The number of amides is 2. The van der Waals surface area contributed by atoms with Gasteiger partial charge in [0.05, 0.1) is 23.9 Å². The first kappa shape index (κ1) is 27.3. The number of sulfonamides is 1. The van der Waals surface area contributed by atoms with Gasteiger partial charge in [-0.25, -0.2) is 18.2 Å². The molecule has 2 aromatic carbocycles. The number of hydrogen-bond acceptors (Lipinski definition) is 6. The molecule has 0 spiro atoms. The number of piperidine rings is 1. The highest BCUT2D eigenvalue weighted by molar-refractivity contribution is 7.88. The van der Waals surface area contributed by atoms with Crippen LogP contribution >= 0.6 is 11.6 Å². The Labute approximate surface area is 232 Å². The van der Waals surface area contributed by atoms with Gasteiger partial charge in [-0.15, -0.1) is 0 Å². The molecule has 0 aliphatic carbocycles. The van der Waals surface area contributed by atoms with Crippen molar-refractivity contribution in [2.75, 3.05) is 19.3 Å². The number of carbonyl (C=O) groups excluding carboxylic acids is 2. The Hall–Kier alpha value is -3.31. The van der Waals surface area contributed by atoms with Crippen LogP contribution in [0.5, 0.6) is 0 Å². The van der Waals surface area contributed by atoms with Gasteiger partial charge in [-0.05, 0) is 54.3 Å². The number of nitrogens with one attached hydrogen (secondary N) is 1. The normalized spacial score (nSPS) is 20.5. The van der Waals surface area contributed by atoms with Gasteiger partial charge in [-0.2, -0.15) is 0 Å². The Morgan fingerprint density at radius 2 is 1.74 bits per heavy atom. The van der Waals surface area contributed by atoms with E-state index in [2.05, 4.69) is 10.5 Å². The molecule has 204 valence electrons. The smallest absolute Gasteiger partial charge is 0.254 e. The molecule has 0 saturated carbocycles. The summed E-state index contributed by atoms with van der Waals surface area (Å²) in [4.78, 5) is 39.3. The van der Waals surface area contributed by atoms with Crippen molar-refractivity contribution < 1.29 is 22.8 Å². The van der Waals surface area contributed by atoms with Crippen LogP contribution in [0.25, 0.3) is 0 Å². The van der Waals surface area contributed by atoms with Gasteiger partial charge in [0.1, 0.15) is 6.61 Å². The predicted octanol–water partition coefficient (Wildman–Crippen LogP) is 3.69. The molecule has 2 aliphatic rings. The molecule has 9 nitrogen and oxygen atoms in total. The number of carbonyl (C=O) groups is 2. The van der Waals surface area contributed by atoms with E-state index in [1.165, 1.54) is 10.6 Å². The molecule has 0 bridgehead atoms. The number of rotatable bonds is 7. The Balaban J connectivity index is 1.51. The number of hydrogen-bond donors (Lipinski definition) is 1. The number of halogens is 1. The highest BCUT2D eigenvalue weighted by Crippen LogP contribution is 2.45. The molecule has 3 aromatic rings. The van der Waals surface area contributed by atoms with Crippen molar-refractivity contribution in [3.05, 3.63) is 100 Å². The number of nitrogens with zero attached hydrogens (tertiary/aromatic N) is 3. The highest BCUT2D eigenvalue weighted by Gasteiger charge is 2.47. The molecular formula is C28H29ClN4O5S. The SMILES string of the molecule is CS(=O)(=O)N1CCC(N2C(=O)c3ccccc3[C@@H](C(=O)NOCc3ccccn3)[C@@H]2c2ccc(Cl)cc2)CC1. The third-order valence-electron chi connectivity index (χ3n) is 7.28. The van der Waals surface area contributed by atoms with E-state index in [0.717, 1.165) is 5.56 Å². The van der Waals surface area contributed by atoms with Gasteiger partial charge >= 0.3 is 0 Å². The van der Waals surface area contributed by atoms with Crippen LogP contribution in [0, 0.1) is 0 Å². The minimum Gasteiger partial charge on any atom is -0.327 e. The third-order valence-corrected chi connectivity index (χ3v) is 8.83. The van der Waals surface area contributed by atoms with Crippen LogP contribution in [0.15, 0.2) is 72.9 Å². The second kappa shape index (κ2) is 11.4. The Bertz CT molecular complexity index is 1440. The maximum atomic E-state index is 14.0. The fourth-order valence-electron chi connectivity index (χ4n) is 5.43. The number of benzene rings is 2. The number of pyridine rings is 1. The molecule has 5 rings (SSSR count). The molecule has 1 fully saturated rings. The fraction of sp³-hybridized carbons (Fsp3) is 0.321. The van der Waals surface area contributed by atoms with E-state index < -0.39 is 27.9 Å². The van der Waals surface area contributed by atoms with E-state index in [0.29, 0.717) is 47.8 Å². The molecular weight excluding hydrogens is 540 g/mol. The summed E-state index contributed by atoms with van der Waals surface area (Å²) < 4.78 is 25.7. The van der Waals surface area contributed by atoms with Crippen LogP contribution in [0.2, 0.25) is 5.02 Å². The lowest BCUT2D eigenvalue weighted by Crippen LogP contribution is -2.54. The van der Waals surface area contributed by atoms with Crippen molar-refractivity contribution in [2.24, 2.45) is 0 Å². The van der Waals surface area contributed by atoms with Gasteiger partial charge in [0.15, 0.2) is 0 Å². The van der Waals surface area contributed by atoms with Crippen molar-refractivity contribution in [3.8, 4) is 0 Å². The lowest BCUT2D eigenvalue weighted by molar-refractivity contribution is -0.138. The van der Waals surface area contributed by atoms with Crippen molar-refractivity contribution >= 4 is 33.4 Å². The average Bonchev–Trinajstić information content (AvgIpc) is 2.93. The van der Waals surface area contributed by atoms with Crippen LogP contribution in [-0.4, -0.2) is 59.8 Å². The first-order valence-electron chi connectivity index (χ1n) is 12.7. The Morgan fingerprint density at radius 1 is 1.05 bits per heavy atom. The van der Waals surface area contributed by atoms with Crippen molar-refractivity contribution in [2.45, 2.75) is 37.5 Å². The minimum atomic E-state index is -3.34. The molecule has 1 saturated heterocycles. The van der Waals surface area contributed by atoms with E-state index in [1.807, 2.05) is 18.2 Å². The van der Waals surface area contributed by atoms with Gasteiger partial charge in [-0.1, -0.05) is 48.0 Å². The van der Waals surface area contributed by atoms with Gasteiger partial charge < -0.3 is 4.90 Å². The third kappa shape index (κ3) is 5.84. The molecule has 1 aromatic heterocycles. The summed E-state index contributed by atoms with van der Waals surface area (Å²) in [5.41, 5.74) is 5.04. The summed E-state index contributed by atoms with van der Waals surface area (Å²) in [7, 11) is -3.34. The van der Waals surface area contributed by atoms with Crippen molar-refractivity contribution in [1.29, 1.82) is 0 Å². The average molecular weight is 569 g/mol. The summed E-state index contributed by atoms with van der Waals surface area (Å²) in [6, 6.07) is 18.7. The molecule has 0 radical (unpaired) electrons. The lowest BCUT2D eigenvalue weighted by Gasteiger charge is -2.47. The van der Waals surface area contributed by atoms with Crippen LogP contribution in [0.1, 0.15) is 52.0 Å². The van der Waals surface area contributed by atoms with E-state index in [9.17, 15) is 18.0 Å². The quantitative estimate of drug-likeness (QED) is 0.436. The van der Waals surface area contributed by atoms with E-state index in [-0.39, 0.29) is 18.6 Å². The largest absolute Gasteiger partial charge is 0.327 e. The summed E-state index contributed by atoms with van der Waals surface area (Å²) in [5, 5.41) is 0.536. The van der Waals surface area contributed by atoms with Crippen LogP contribution in [0.4, 0.5) is 0 Å². The van der Waals surface area contributed by atoms with Gasteiger partial charge in [0, 0.05) is 35.9 Å². The molecule has 0 unspecified atom stereocenters. The summed E-state index contributed by atoms with van der Waals surface area (Å²) in [6.45, 7) is 0.678. The predicted molar refractivity (Wildman–Crippen MR) is 146 cm³/mol. The topological polar surface area (TPSA) is 109 Å². The van der Waals surface area contributed by atoms with Gasteiger partial charge in [0.2, 0.25) is 10.0 Å². The van der Waals surface area contributed by atoms with Crippen molar-refractivity contribution in [1.82, 2.24) is 19.7 Å². The second-order valence-electron chi connectivity index (χ2n) is 9.74. The summed E-state index contributed by atoms with van der Waals surface area (Å²) >= 11 is 6.18. The standard InChI is InChI=1S/C28H29ClN4O5S/c1-39(36,37)32-16-13-22(14-17-32)33-26(19-9-11-20(29)12-10-19)25(23-7-2-3-8-24(23)28(33)35)27(34)31-38-18-21-6-4-5-15-30-21/h2-12,15,22,25-26H,13-14,16-18H2,1H3,(H,31,34)/t25-,26+/m1/s1. The molecule has 3 heterocycles. The zero-order valence-electron chi connectivity index (χ0n) is 21.4. The Morgan fingerprint density at radius 3 is 2.41 bits per heavy atom. The first-order valence-corrected chi connectivity index (χ1v) is 14.9. The molecule has 2 aliphatic heterocycles. The molecule has 2 atom stereocenters. The van der Waals surface area contributed by atoms with Gasteiger partial charge in [-0.3, -0.25) is 19.4 Å². The zero-order chi connectivity index (χ0) is 27.6. The maximum absolute atomic E-state index is 14.0. The van der Waals surface area contributed by atoms with E-state index in [1.54, 1.807) is 59.6 Å². The molecule has 39 heavy (non-hydrogen) atoms. The summed E-state index contributed by atoms with van der Waals surface area (Å²) in [5.74, 6) is -1.37. The number of hydroxylamine groups is 1. The monoisotopic (exact) mass is 568 g/mol. The van der Waals surface area contributed by atoms with E-state index in [4.69, 9.17) is 16.4 Å². The summed E-state index contributed by atoms with van der Waals surface area (Å²) in [6.07, 6.45) is 3.75. The molecule has 2 amide bonds. The van der Waals surface area contributed by atoms with Crippen LogP contribution in [0.3, 0.4) is 0 Å². The van der Waals surface area contributed by atoms with E-state index >= 15 is 0 Å². The van der Waals surface area contributed by atoms with Crippen LogP contribution < -0.4 is 5.48 Å². The fourth-order valence-corrected chi connectivity index (χ4v) is 6.43. The zero-order valence-corrected chi connectivity index (χ0v) is 22.9. The molecule has 11 heteroatoms. The highest BCUT2D eigenvalue weighted by atomic mass is 35.5. The van der Waals surface area contributed by atoms with Crippen molar-refractivity contribution in [3.63, 3.8) is 0 Å².